The number of carbonyl (C=O) groups excluding carboxylic acids is 2. The Balaban J connectivity index is 1.39. The molecule has 2 amide bonds. The number of rotatable bonds is 4. The van der Waals surface area contributed by atoms with Gasteiger partial charge < -0.3 is 14.6 Å². The lowest BCUT2D eigenvalue weighted by atomic mass is 10.1. The van der Waals surface area contributed by atoms with Crippen molar-refractivity contribution in [1.82, 2.24) is 9.88 Å². The van der Waals surface area contributed by atoms with Crippen LogP contribution in [0.15, 0.2) is 71.5 Å². The van der Waals surface area contributed by atoms with Crippen molar-refractivity contribution >= 4 is 17.5 Å². The molecule has 3 aromatic rings. The number of pyridine rings is 1. The Bertz CT molecular complexity index is 1070. The maximum atomic E-state index is 12.6. The standard InChI is InChI=1S/C23H19N3O3/c27-22-14-18(15-26(22)16-21-8-4-12-29-21)23(28)25-20-7-3-5-17(13-20)9-10-19-6-1-2-11-24-19/h1-8,11-13,18H,14-16H2,(H,25,28). The van der Waals surface area contributed by atoms with Gasteiger partial charge in [0.05, 0.1) is 18.7 Å². The van der Waals surface area contributed by atoms with Crippen molar-refractivity contribution in [3.8, 4) is 11.8 Å². The largest absolute Gasteiger partial charge is 0.467 e. The van der Waals surface area contributed by atoms with E-state index < -0.39 is 0 Å². The average Bonchev–Trinajstić information content (AvgIpc) is 3.38. The number of aromatic nitrogens is 1. The summed E-state index contributed by atoms with van der Waals surface area (Å²) in [4.78, 5) is 30.7. The Morgan fingerprint density at radius 1 is 1.17 bits per heavy atom. The molecule has 1 N–H and O–H groups in total. The Hall–Kier alpha value is -3.85. The fourth-order valence-corrected chi connectivity index (χ4v) is 3.18. The van der Waals surface area contributed by atoms with Crippen LogP contribution < -0.4 is 5.32 Å². The van der Waals surface area contributed by atoms with Crippen molar-refractivity contribution in [3.05, 3.63) is 84.1 Å². The van der Waals surface area contributed by atoms with Crippen molar-refractivity contribution < 1.29 is 14.0 Å². The van der Waals surface area contributed by atoms with Crippen LogP contribution in [0.1, 0.15) is 23.4 Å². The van der Waals surface area contributed by atoms with Gasteiger partial charge in [0.1, 0.15) is 11.5 Å². The van der Waals surface area contributed by atoms with Crippen LogP contribution in [0.3, 0.4) is 0 Å². The smallest absolute Gasteiger partial charge is 0.229 e. The quantitative estimate of drug-likeness (QED) is 0.701. The van der Waals surface area contributed by atoms with E-state index in [1.165, 1.54) is 0 Å². The van der Waals surface area contributed by atoms with Gasteiger partial charge in [-0.25, -0.2) is 4.98 Å². The summed E-state index contributed by atoms with van der Waals surface area (Å²) in [6.07, 6.45) is 3.47. The van der Waals surface area contributed by atoms with E-state index in [9.17, 15) is 9.59 Å². The molecule has 2 aromatic heterocycles. The molecule has 1 unspecified atom stereocenters. The number of benzene rings is 1. The zero-order chi connectivity index (χ0) is 20.1. The maximum absolute atomic E-state index is 12.6. The van der Waals surface area contributed by atoms with Crippen LogP contribution in [0.2, 0.25) is 0 Å². The third-order valence-corrected chi connectivity index (χ3v) is 4.64. The molecular weight excluding hydrogens is 366 g/mol. The van der Waals surface area contributed by atoms with E-state index in [2.05, 4.69) is 22.1 Å². The van der Waals surface area contributed by atoms with Crippen LogP contribution in [0.25, 0.3) is 0 Å². The molecule has 0 radical (unpaired) electrons. The molecule has 0 aliphatic carbocycles. The molecule has 6 heteroatoms. The summed E-state index contributed by atoms with van der Waals surface area (Å²) in [6, 6.07) is 16.5. The molecule has 144 valence electrons. The summed E-state index contributed by atoms with van der Waals surface area (Å²) in [6.45, 7) is 0.763. The molecule has 29 heavy (non-hydrogen) atoms. The van der Waals surface area contributed by atoms with Crippen LogP contribution in [-0.2, 0) is 16.1 Å². The molecule has 0 saturated carbocycles. The molecule has 1 aromatic carbocycles. The van der Waals surface area contributed by atoms with Gasteiger partial charge in [-0.15, -0.1) is 0 Å². The zero-order valence-electron chi connectivity index (χ0n) is 15.7. The Morgan fingerprint density at radius 3 is 2.90 bits per heavy atom. The molecule has 1 fully saturated rings. The lowest BCUT2D eigenvalue weighted by molar-refractivity contribution is -0.128. The Morgan fingerprint density at radius 2 is 2.10 bits per heavy atom. The fraction of sp³-hybridized carbons (Fsp3) is 0.174. The molecule has 6 nitrogen and oxygen atoms in total. The van der Waals surface area contributed by atoms with Gasteiger partial charge in [0.25, 0.3) is 0 Å². The molecule has 4 rings (SSSR count). The molecule has 1 atom stereocenters. The van der Waals surface area contributed by atoms with E-state index >= 15 is 0 Å². The van der Waals surface area contributed by atoms with E-state index in [4.69, 9.17) is 4.42 Å². The van der Waals surface area contributed by atoms with Gasteiger partial charge in [0, 0.05) is 30.4 Å². The zero-order valence-corrected chi connectivity index (χ0v) is 15.7. The second-order valence-electron chi connectivity index (χ2n) is 6.79. The summed E-state index contributed by atoms with van der Waals surface area (Å²) in [5, 5.41) is 2.90. The summed E-state index contributed by atoms with van der Waals surface area (Å²) in [5.74, 6) is 6.14. The van der Waals surface area contributed by atoms with Gasteiger partial charge >= 0.3 is 0 Å². The molecule has 3 heterocycles. The van der Waals surface area contributed by atoms with Gasteiger partial charge in [-0.1, -0.05) is 18.1 Å². The highest BCUT2D eigenvalue weighted by molar-refractivity contribution is 5.97. The highest BCUT2D eigenvalue weighted by Crippen LogP contribution is 2.22. The number of anilines is 1. The predicted molar refractivity (Wildman–Crippen MR) is 108 cm³/mol. The second-order valence-corrected chi connectivity index (χ2v) is 6.79. The lowest BCUT2D eigenvalue weighted by Gasteiger charge is -2.15. The first-order valence-electron chi connectivity index (χ1n) is 9.31. The van der Waals surface area contributed by atoms with E-state index in [-0.39, 0.29) is 24.2 Å². The topological polar surface area (TPSA) is 75.4 Å². The van der Waals surface area contributed by atoms with Crippen LogP contribution in [0.4, 0.5) is 5.69 Å². The predicted octanol–water partition coefficient (Wildman–Crippen LogP) is 3.06. The normalized spacial score (nSPS) is 15.7. The number of furan rings is 1. The molecule has 0 bridgehead atoms. The van der Waals surface area contributed by atoms with Gasteiger partial charge in [-0.2, -0.15) is 0 Å². The number of nitrogens with one attached hydrogen (secondary N) is 1. The first-order chi connectivity index (χ1) is 14.2. The number of carbonyl (C=O) groups is 2. The number of hydrogen-bond acceptors (Lipinski definition) is 4. The summed E-state index contributed by atoms with van der Waals surface area (Å²) in [7, 11) is 0. The Labute approximate surface area is 168 Å². The first kappa shape index (κ1) is 18.5. The summed E-state index contributed by atoms with van der Waals surface area (Å²) in [5.41, 5.74) is 2.11. The SMILES string of the molecule is O=C(Nc1cccc(C#Cc2ccccn2)c1)C1CC(=O)N(Cc2ccco2)C1. The van der Waals surface area contributed by atoms with Crippen molar-refractivity contribution in [1.29, 1.82) is 0 Å². The van der Waals surface area contributed by atoms with E-state index in [0.717, 1.165) is 5.56 Å². The van der Waals surface area contributed by atoms with E-state index in [1.807, 2.05) is 42.5 Å². The highest BCUT2D eigenvalue weighted by Gasteiger charge is 2.34. The number of hydrogen-bond donors (Lipinski definition) is 1. The van der Waals surface area contributed by atoms with Crippen LogP contribution >= 0.6 is 0 Å². The highest BCUT2D eigenvalue weighted by atomic mass is 16.3. The number of likely N-dealkylation sites (tertiary alicyclic amines) is 1. The van der Waals surface area contributed by atoms with Crippen molar-refractivity contribution in [2.45, 2.75) is 13.0 Å². The average molecular weight is 385 g/mol. The molecule has 0 spiro atoms. The van der Waals surface area contributed by atoms with Gasteiger partial charge in [-0.05, 0) is 48.4 Å². The Kier molecular flexibility index (Phi) is 5.39. The number of nitrogens with zero attached hydrogens (tertiary/aromatic N) is 2. The second kappa shape index (κ2) is 8.44. The lowest BCUT2D eigenvalue weighted by Crippen LogP contribution is -2.27. The van der Waals surface area contributed by atoms with Crippen LogP contribution in [0, 0.1) is 17.8 Å². The third-order valence-electron chi connectivity index (χ3n) is 4.64. The maximum Gasteiger partial charge on any atom is 0.229 e. The fourth-order valence-electron chi connectivity index (χ4n) is 3.18. The summed E-state index contributed by atoms with van der Waals surface area (Å²) < 4.78 is 5.29. The van der Waals surface area contributed by atoms with Gasteiger partial charge in [0.2, 0.25) is 11.8 Å². The van der Waals surface area contributed by atoms with E-state index in [1.54, 1.807) is 29.5 Å². The number of amides is 2. The first-order valence-corrected chi connectivity index (χ1v) is 9.31. The minimum absolute atomic E-state index is 0.0449. The molecule has 1 aliphatic rings. The monoisotopic (exact) mass is 385 g/mol. The van der Waals surface area contributed by atoms with Crippen molar-refractivity contribution in [2.75, 3.05) is 11.9 Å². The third kappa shape index (κ3) is 4.71. The van der Waals surface area contributed by atoms with Crippen molar-refractivity contribution in [2.24, 2.45) is 5.92 Å². The van der Waals surface area contributed by atoms with Crippen LogP contribution in [-0.4, -0.2) is 28.2 Å². The van der Waals surface area contributed by atoms with E-state index in [0.29, 0.717) is 30.2 Å². The minimum Gasteiger partial charge on any atom is -0.467 e. The van der Waals surface area contributed by atoms with Gasteiger partial charge in [0.15, 0.2) is 0 Å². The van der Waals surface area contributed by atoms with Crippen molar-refractivity contribution in [3.63, 3.8) is 0 Å². The van der Waals surface area contributed by atoms with Gasteiger partial charge in [-0.3, -0.25) is 9.59 Å². The molecule has 1 saturated heterocycles. The molecule has 1 aliphatic heterocycles. The molecular formula is C23H19N3O3. The summed E-state index contributed by atoms with van der Waals surface area (Å²) >= 11 is 0. The minimum atomic E-state index is -0.388. The van der Waals surface area contributed by atoms with Crippen LogP contribution in [0.5, 0.6) is 0 Å².